The quantitative estimate of drug-likeness (QED) is 0.891. The number of hydrogen-bond donors (Lipinski definition) is 1. The van der Waals surface area contributed by atoms with E-state index >= 15 is 0 Å². The van der Waals surface area contributed by atoms with Crippen molar-refractivity contribution in [2.45, 2.75) is 31.9 Å². The molecule has 2 unspecified atom stereocenters. The zero-order valence-corrected chi connectivity index (χ0v) is 12.1. The molecule has 1 aliphatic heterocycles. The summed E-state index contributed by atoms with van der Waals surface area (Å²) in [6.07, 6.45) is 0.479. The van der Waals surface area contributed by atoms with Crippen LogP contribution in [0.15, 0.2) is 24.3 Å². The number of benzene rings is 1. The van der Waals surface area contributed by atoms with Crippen LogP contribution in [0.4, 0.5) is 0 Å². The molecule has 21 heavy (non-hydrogen) atoms. The maximum absolute atomic E-state index is 12.3. The minimum atomic E-state index is -0.961. The van der Waals surface area contributed by atoms with E-state index in [9.17, 15) is 9.59 Å². The SMILES string of the molecule is COc1ccc(OC(C)C(=O)N2CCCC2C(=O)O)cc1. The van der Waals surface area contributed by atoms with Crippen molar-refractivity contribution in [2.75, 3.05) is 13.7 Å². The number of carboxylic acids is 1. The topological polar surface area (TPSA) is 76.1 Å². The van der Waals surface area contributed by atoms with Crippen LogP contribution in [0.2, 0.25) is 0 Å². The first kappa shape index (κ1) is 15.2. The second-order valence-electron chi connectivity index (χ2n) is 4.96. The van der Waals surface area contributed by atoms with Crippen LogP contribution < -0.4 is 9.47 Å². The van der Waals surface area contributed by atoms with Crippen molar-refractivity contribution in [1.29, 1.82) is 0 Å². The third-order valence-electron chi connectivity index (χ3n) is 3.54. The number of rotatable bonds is 5. The summed E-state index contributed by atoms with van der Waals surface area (Å²) in [7, 11) is 1.57. The van der Waals surface area contributed by atoms with Gasteiger partial charge in [-0.25, -0.2) is 4.79 Å². The second kappa shape index (κ2) is 6.47. The van der Waals surface area contributed by atoms with Crippen LogP contribution in [-0.4, -0.2) is 47.7 Å². The van der Waals surface area contributed by atoms with Gasteiger partial charge in [-0.15, -0.1) is 0 Å². The summed E-state index contributed by atoms with van der Waals surface area (Å²) in [6, 6.07) is 6.16. The van der Waals surface area contributed by atoms with E-state index in [1.165, 1.54) is 4.90 Å². The summed E-state index contributed by atoms with van der Waals surface area (Å²) in [5.74, 6) is -0.0113. The molecule has 0 bridgehead atoms. The van der Waals surface area contributed by atoms with Crippen LogP contribution in [0.1, 0.15) is 19.8 Å². The lowest BCUT2D eigenvalue weighted by Crippen LogP contribution is -2.46. The molecule has 0 saturated carbocycles. The molecule has 1 aromatic carbocycles. The molecule has 2 rings (SSSR count). The smallest absolute Gasteiger partial charge is 0.326 e. The lowest BCUT2D eigenvalue weighted by atomic mass is 10.2. The van der Waals surface area contributed by atoms with Gasteiger partial charge in [0.1, 0.15) is 17.5 Å². The molecule has 1 aliphatic rings. The van der Waals surface area contributed by atoms with Gasteiger partial charge in [-0.05, 0) is 44.0 Å². The first-order valence-corrected chi connectivity index (χ1v) is 6.87. The van der Waals surface area contributed by atoms with Gasteiger partial charge >= 0.3 is 5.97 Å². The number of aliphatic carboxylic acids is 1. The zero-order chi connectivity index (χ0) is 15.4. The Kier molecular flexibility index (Phi) is 4.67. The maximum atomic E-state index is 12.3. The highest BCUT2D eigenvalue weighted by Crippen LogP contribution is 2.22. The number of likely N-dealkylation sites (tertiary alicyclic amines) is 1. The molecule has 1 saturated heterocycles. The molecule has 6 nitrogen and oxygen atoms in total. The van der Waals surface area contributed by atoms with E-state index in [0.29, 0.717) is 30.9 Å². The van der Waals surface area contributed by atoms with Crippen molar-refractivity contribution in [3.63, 3.8) is 0 Å². The Balaban J connectivity index is 2.00. The van der Waals surface area contributed by atoms with Gasteiger partial charge in [-0.2, -0.15) is 0 Å². The summed E-state index contributed by atoms with van der Waals surface area (Å²) in [4.78, 5) is 24.8. The monoisotopic (exact) mass is 293 g/mol. The largest absolute Gasteiger partial charge is 0.497 e. The van der Waals surface area contributed by atoms with E-state index < -0.39 is 18.1 Å². The van der Waals surface area contributed by atoms with Crippen LogP contribution in [0, 0.1) is 0 Å². The lowest BCUT2D eigenvalue weighted by molar-refractivity contribution is -0.150. The van der Waals surface area contributed by atoms with Gasteiger partial charge in [0.2, 0.25) is 0 Å². The first-order valence-electron chi connectivity index (χ1n) is 6.87. The molecule has 0 aromatic heterocycles. The summed E-state index contributed by atoms with van der Waals surface area (Å²) in [6.45, 7) is 2.09. The zero-order valence-electron chi connectivity index (χ0n) is 12.1. The van der Waals surface area contributed by atoms with Crippen LogP contribution in [-0.2, 0) is 9.59 Å². The van der Waals surface area contributed by atoms with Gasteiger partial charge in [-0.1, -0.05) is 0 Å². The highest BCUT2D eigenvalue weighted by molar-refractivity contribution is 5.87. The molecule has 0 radical (unpaired) electrons. The summed E-state index contributed by atoms with van der Waals surface area (Å²) in [5.41, 5.74) is 0. The molecule has 6 heteroatoms. The van der Waals surface area contributed by atoms with Crippen LogP contribution in [0.3, 0.4) is 0 Å². The van der Waals surface area contributed by atoms with Crippen LogP contribution in [0.5, 0.6) is 11.5 Å². The van der Waals surface area contributed by atoms with E-state index in [-0.39, 0.29) is 5.91 Å². The molecule has 1 N–H and O–H groups in total. The van der Waals surface area contributed by atoms with Gasteiger partial charge in [-0.3, -0.25) is 4.79 Å². The fourth-order valence-corrected chi connectivity index (χ4v) is 2.43. The Morgan fingerprint density at radius 3 is 2.48 bits per heavy atom. The highest BCUT2D eigenvalue weighted by Gasteiger charge is 2.36. The summed E-state index contributed by atoms with van der Waals surface area (Å²) >= 11 is 0. The van der Waals surface area contributed by atoms with Crippen LogP contribution in [0.25, 0.3) is 0 Å². The fraction of sp³-hybridized carbons (Fsp3) is 0.467. The summed E-state index contributed by atoms with van der Waals surface area (Å²) in [5, 5.41) is 9.11. The summed E-state index contributed by atoms with van der Waals surface area (Å²) < 4.78 is 10.6. The van der Waals surface area contributed by atoms with Crippen molar-refractivity contribution < 1.29 is 24.2 Å². The van der Waals surface area contributed by atoms with E-state index in [0.717, 1.165) is 0 Å². The molecular weight excluding hydrogens is 274 g/mol. The van der Waals surface area contributed by atoms with E-state index in [2.05, 4.69) is 0 Å². The van der Waals surface area contributed by atoms with E-state index in [1.54, 1.807) is 38.3 Å². The average molecular weight is 293 g/mol. The Hall–Kier alpha value is -2.24. The standard InChI is InChI=1S/C15H19NO5/c1-10(21-12-7-5-11(20-2)6-8-12)14(17)16-9-3-4-13(16)15(18)19/h5-8,10,13H,3-4,9H2,1-2H3,(H,18,19). The fourth-order valence-electron chi connectivity index (χ4n) is 2.43. The number of amides is 1. The van der Waals surface area contributed by atoms with E-state index in [1.807, 2.05) is 0 Å². The highest BCUT2D eigenvalue weighted by atomic mass is 16.5. The van der Waals surface area contributed by atoms with Gasteiger partial charge < -0.3 is 19.5 Å². The number of ether oxygens (including phenoxy) is 2. The molecule has 2 atom stereocenters. The number of carboxylic acid groups (broad SMARTS) is 1. The predicted octanol–water partition coefficient (Wildman–Crippen LogP) is 1.54. The normalized spacial score (nSPS) is 19.1. The number of carbonyl (C=O) groups excluding carboxylic acids is 1. The number of methoxy groups -OCH3 is 1. The maximum Gasteiger partial charge on any atom is 0.326 e. The third kappa shape index (κ3) is 3.45. The van der Waals surface area contributed by atoms with Crippen LogP contribution >= 0.6 is 0 Å². The lowest BCUT2D eigenvalue weighted by Gasteiger charge is -2.25. The minimum Gasteiger partial charge on any atom is -0.497 e. The number of nitrogens with zero attached hydrogens (tertiary/aromatic N) is 1. The molecule has 1 fully saturated rings. The predicted molar refractivity (Wildman–Crippen MR) is 75.5 cm³/mol. The Morgan fingerprint density at radius 2 is 1.90 bits per heavy atom. The first-order chi connectivity index (χ1) is 10.0. The molecular formula is C15H19NO5. The average Bonchev–Trinajstić information content (AvgIpc) is 2.96. The molecule has 1 aromatic rings. The Bertz CT molecular complexity index is 513. The van der Waals surface area contributed by atoms with Crippen molar-refractivity contribution in [3.8, 4) is 11.5 Å². The number of hydrogen-bond acceptors (Lipinski definition) is 4. The van der Waals surface area contributed by atoms with Gasteiger partial charge in [0.25, 0.3) is 5.91 Å². The molecule has 1 amide bonds. The van der Waals surface area contributed by atoms with Crippen molar-refractivity contribution in [1.82, 2.24) is 4.90 Å². The second-order valence-corrected chi connectivity index (χ2v) is 4.96. The Morgan fingerprint density at radius 1 is 1.29 bits per heavy atom. The van der Waals surface area contributed by atoms with Gasteiger partial charge in [0.15, 0.2) is 6.10 Å². The minimum absolute atomic E-state index is 0.296. The van der Waals surface area contributed by atoms with Crippen molar-refractivity contribution in [2.24, 2.45) is 0 Å². The Labute approximate surface area is 123 Å². The molecule has 1 heterocycles. The van der Waals surface area contributed by atoms with Crippen molar-refractivity contribution >= 4 is 11.9 Å². The third-order valence-corrected chi connectivity index (χ3v) is 3.54. The van der Waals surface area contributed by atoms with Gasteiger partial charge in [0, 0.05) is 6.54 Å². The van der Waals surface area contributed by atoms with E-state index in [4.69, 9.17) is 14.6 Å². The molecule has 114 valence electrons. The molecule has 0 aliphatic carbocycles. The number of carbonyl (C=O) groups is 2. The molecule has 0 spiro atoms. The van der Waals surface area contributed by atoms with Gasteiger partial charge in [0.05, 0.1) is 7.11 Å². The van der Waals surface area contributed by atoms with Crippen molar-refractivity contribution in [3.05, 3.63) is 24.3 Å².